The van der Waals surface area contributed by atoms with Crippen LogP contribution in [0.3, 0.4) is 0 Å². The number of aliphatic imine (C=N–C) groups is 1. The molecule has 2 aromatic heterocycles. The molecule has 0 saturated carbocycles. The van der Waals surface area contributed by atoms with Crippen LogP contribution in [0.25, 0.3) is 0 Å². The van der Waals surface area contributed by atoms with Gasteiger partial charge in [0.25, 0.3) is 0 Å². The maximum absolute atomic E-state index is 9.69. The van der Waals surface area contributed by atoms with Crippen molar-refractivity contribution in [2.45, 2.75) is 93.4 Å². The lowest BCUT2D eigenvalue weighted by Crippen LogP contribution is -2.30. The largest absolute Gasteiger partial charge is 0.455 e. The van der Waals surface area contributed by atoms with Gasteiger partial charge < -0.3 is 15.0 Å². The Morgan fingerprint density at radius 2 is 1.91 bits per heavy atom. The van der Waals surface area contributed by atoms with Crippen LogP contribution in [-0.2, 0) is 17.6 Å². The summed E-state index contributed by atoms with van der Waals surface area (Å²) in [5, 5.41) is 3.60. The maximum atomic E-state index is 9.69. The molecule has 46 heavy (non-hydrogen) atoms. The van der Waals surface area contributed by atoms with Crippen molar-refractivity contribution in [2.24, 2.45) is 10.9 Å². The van der Waals surface area contributed by atoms with E-state index in [9.17, 15) is 4.79 Å². The molecule has 0 aliphatic carbocycles. The number of hydrogen-bond donors (Lipinski definition) is 1. The van der Waals surface area contributed by atoms with Gasteiger partial charge in [0.1, 0.15) is 23.0 Å². The van der Waals surface area contributed by atoms with Crippen LogP contribution in [0.2, 0.25) is 0 Å². The van der Waals surface area contributed by atoms with Gasteiger partial charge in [0.2, 0.25) is 0 Å². The predicted octanol–water partition coefficient (Wildman–Crippen LogP) is 9.57. The number of amidine groups is 1. The monoisotopic (exact) mass is 623 g/mol. The number of anilines is 2. The van der Waals surface area contributed by atoms with E-state index in [0.29, 0.717) is 5.92 Å². The van der Waals surface area contributed by atoms with Gasteiger partial charge in [-0.3, -0.25) is 9.78 Å². The fourth-order valence-electron chi connectivity index (χ4n) is 5.17. The Morgan fingerprint density at radius 3 is 2.54 bits per heavy atom. The molecular formula is C39H53N5O2. The van der Waals surface area contributed by atoms with Crippen molar-refractivity contribution < 1.29 is 9.53 Å². The highest BCUT2D eigenvalue weighted by Gasteiger charge is 2.23. The number of pyridine rings is 2. The van der Waals surface area contributed by atoms with Gasteiger partial charge in [-0.05, 0) is 112 Å². The highest BCUT2D eigenvalue weighted by molar-refractivity contribution is 6.08. The summed E-state index contributed by atoms with van der Waals surface area (Å²) in [6.45, 7) is 19.9. The van der Waals surface area contributed by atoms with Crippen LogP contribution in [0.5, 0.6) is 11.5 Å². The maximum Gasteiger partial charge on any atom is 0.156 e. The van der Waals surface area contributed by atoms with Gasteiger partial charge in [0.05, 0.1) is 6.20 Å². The first-order chi connectivity index (χ1) is 22.2. The summed E-state index contributed by atoms with van der Waals surface area (Å²) in [4.78, 5) is 26.9. The third-order valence-corrected chi connectivity index (χ3v) is 7.89. The first-order valence-electron chi connectivity index (χ1n) is 16.8. The number of ketones is 1. The fourth-order valence-corrected chi connectivity index (χ4v) is 5.17. The number of hydrogen-bond acceptors (Lipinski definition) is 6. The van der Waals surface area contributed by atoms with E-state index in [-0.39, 0.29) is 5.78 Å². The summed E-state index contributed by atoms with van der Waals surface area (Å²) >= 11 is 0. The van der Waals surface area contributed by atoms with Crippen molar-refractivity contribution in [1.29, 1.82) is 0 Å². The second kappa shape index (κ2) is 18.6. The quantitative estimate of drug-likeness (QED) is 0.123. The Hall–Kier alpha value is -4.26. The standard InChI is InChI=1S/C35H47N5O.C4H6O/c1-7-10-12-19-36-34(33-27(6)21-28-14-13-25(4)24-40(20-11-8-2)35(28)39-33)38-30-16-18-32(26(5)22-30)41-31-17-15-29(9-3)37-23-31;1-3-4(2)5/h12,15-19,21-23,25H,7-11,13-14,20,24H2,1-6H3,(H,36,38);3H,1H2,2H3/b19-12+;. The van der Waals surface area contributed by atoms with Crippen LogP contribution >= 0.6 is 0 Å². The Labute approximate surface area is 276 Å². The van der Waals surface area contributed by atoms with Gasteiger partial charge >= 0.3 is 0 Å². The number of ether oxygens (including phenoxy) is 1. The Morgan fingerprint density at radius 1 is 1.13 bits per heavy atom. The molecule has 7 heteroatoms. The fraction of sp³-hybridized carbons (Fsp3) is 0.436. The van der Waals surface area contributed by atoms with Crippen LogP contribution in [0.1, 0.15) is 94.8 Å². The van der Waals surface area contributed by atoms with Crippen molar-refractivity contribution in [3.05, 3.63) is 95.6 Å². The molecule has 0 amide bonds. The number of allylic oxidation sites excluding steroid dienone is 2. The van der Waals surface area contributed by atoms with E-state index in [1.165, 1.54) is 37.8 Å². The molecule has 0 bridgehead atoms. The van der Waals surface area contributed by atoms with Gasteiger partial charge in [-0.2, -0.15) is 0 Å². The number of carbonyl (C=O) groups is 1. The summed E-state index contributed by atoms with van der Waals surface area (Å²) in [6.07, 6.45) is 14.7. The summed E-state index contributed by atoms with van der Waals surface area (Å²) in [5.41, 5.74) is 6.43. The van der Waals surface area contributed by atoms with Crippen LogP contribution in [0.4, 0.5) is 11.5 Å². The third-order valence-electron chi connectivity index (χ3n) is 7.89. The molecule has 1 aliphatic heterocycles. The molecule has 3 heterocycles. The van der Waals surface area contributed by atoms with E-state index >= 15 is 0 Å². The lowest BCUT2D eigenvalue weighted by Gasteiger charge is -2.26. The molecule has 7 nitrogen and oxygen atoms in total. The summed E-state index contributed by atoms with van der Waals surface area (Å²) in [7, 11) is 0. The molecule has 4 rings (SSSR count). The zero-order chi connectivity index (χ0) is 33.5. The van der Waals surface area contributed by atoms with E-state index in [1.54, 1.807) is 6.20 Å². The van der Waals surface area contributed by atoms with E-state index in [2.05, 4.69) is 81.5 Å². The second-order valence-electron chi connectivity index (χ2n) is 12.1. The minimum absolute atomic E-state index is 0.0185. The molecule has 0 spiro atoms. The van der Waals surface area contributed by atoms with Gasteiger partial charge in [0.15, 0.2) is 11.6 Å². The smallest absolute Gasteiger partial charge is 0.156 e. The van der Waals surface area contributed by atoms with Gasteiger partial charge in [0, 0.05) is 30.7 Å². The van der Waals surface area contributed by atoms with Crippen LogP contribution < -0.4 is 15.0 Å². The molecule has 3 aromatic rings. The molecule has 0 fully saturated rings. The second-order valence-corrected chi connectivity index (χ2v) is 12.1. The lowest BCUT2D eigenvalue weighted by molar-refractivity contribution is -0.112. The SMILES string of the molecule is C=CC(C)=O.CCC/C=C/N=C(Nc1ccc(Oc2ccc(CC)nc2)c(C)c1)c1nc2c(cc1C)CCC(C)CN2CCCC. The van der Waals surface area contributed by atoms with Crippen LogP contribution in [0, 0.1) is 19.8 Å². The van der Waals surface area contributed by atoms with Crippen molar-refractivity contribution >= 4 is 23.1 Å². The molecule has 0 saturated heterocycles. The van der Waals surface area contributed by atoms with Crippen molar-refractivity contribution in [3.63, 3.8) is 0 Å². The van der Waals surface area contributed by atoms with Crippen molar-refractivity contribution in [1.82, 2.24) is 9.97 Å². The number of carbonyl (C=O) groups excluding carboxylic acids is 1. The van der Waals surface area contributed by atoms with E-state index in [1.807, 2.05) is 30.5 Å². The minimum atomic E-state index is 0.0185. The Bertz CT molecular complexity index is 1490. The topological polar surface area (TPSA) is 79.7 Å². The molecule has 1 aromatic carbocycles. The third kappa shape index (κ3) is 11.0. The average molecular weight is 624 g/mol. The normalized spacial score (nSPS) is 14.6. The molecule has 246 valence electrons. The van der Waals surface area contributed by atoms with Gasteiger partial charge in [-0.1, -0.05) is 59.3 Å². The molecular weight excluding hydrogens is 570 g/mol. The van der Waals surface area contributed by atoms with E-state index < -0.39 is 0 Å². The van der Waals surface area contributed by atoms with Gasteiger partial charge in [-0.25, -0.2) is 9.98 Å². The minimum Gasteiger partial charge on any atom is -0.455 e. The number of benzene rings is 1. The highest BCUT2D eigenvalue weighted by Crippen LogP contribution is 2.31. The van der Waals surface area contributed by atoms with E-state index in [0.717, 1.165) is 90.1 Å². The number of aromatic nitrogens is 2. The zero-order valence-electron chi connectivity index (χ0n) is 29.0. The first-order valence-corrected chi connectivity index (χ1v) is 16.8. The number of nitrogens with one attached hydrogen (secondary N) is 1. The number of fused-ring (bicyclic) bond motifs is 1. The molecule has 1 aliphatic rings. The summed E-state index contributed by atoms with van der Waals surface area (Å²) in [6, 6.07) is 12.5. The van der Waals surface area contributed by atoms with Crippen molar-refractivity contribution in [3.8, 4) is 11.5 Å². The number of aryl methyl sites for hydroxylation is 4. The number of rotatable bonds is 12. The Balaban J connectivity index is 0.00000107. The number of nitrogens with zero attached hydrogens (tertiary/aromatic N) is 4. The van der Waals surface area contributed by atoms with Crippen LogP contribution in [0.15, 0.2) is 72.5 Å². The summed E-state index contributed by atoms with van der Waals surface area (Å²) in [5.74, 6) is 4.10. The lowest BCUT2D eigenvalue weighted by atomic mass is 10.0. The predicted molar refractivity (Wildman–Crippen MR) is 194 cm³/mol. The first kappa shape index (κ1) is 36.2. The molecule has 1 unspecified atom stereocenters. The molecule has 0 radical (unpaired) electrons. The highest BCUT2D eigenvalue weighted by atomic mass is 16.5. The van der Waals surface area contributed by atoms with Gasteiger partial charge in [-0.15, -0.1) is 0 Å². The van der Waals surface area contributed by atoms with Crippen LogP contribution in [-0.4, -0.2) is 34.7 Å². The Kier molecular flexibility index (Phi) is 14.7. The number of unbranched alkanes of at least 4 members (excludes halogenated alkanes) is 2. The molecule has 1 atom stereocenters. The summed E-state index contributed by atoms with van der Waals surface area (Å²) < 4.78 is 6.14. The average Bonchev–Trinajstić information content (AvgIpc) is 3.20. The van der Waals surface area contributed by atoms with E-state index in [4.69, 9.17) is 14.7 Å². The van der Waals surface area contributed by atoms with Crippen molar-refractivity contribution in [2.75, 3.05) is 23.3 Å². The molecule has 1 N–H and O–H groups in total. The zero-order valence-corrected chi connectivity index (χ0v) is 29.0.